The average Bonchev–Trinajstić information content (AvgIpc) is 3.65. The van der Waals surface area contributed by atoms with Crippen molar-refractivity contribution in [2.24, 2.45) is 0 Å². The van der Waals surface area contributed by atoms with E-state index in [4.69, 9.17) is 40.5 Å². The third-order valence-corrected chi connectivity index (χ3v) is 13.4. The molecular formula is C41H49ClFN7O4Si. The fraction of sp³-hybridized carbons (Fsp3) is 0.512. The fourth-order valence-electron chi connectivity index (χ4n) is 8.00. The minimum atomic E-state index is -1.28. The molecule has 0 radical (unpaired) electrons. The quantitative estimate of drug-likeness (QED) is 0.0860. The van der Waals surface area contributed by atoms with Gasteiger partial charge in [-0.3, -0.25) is 9.47 Å². The Labute approximate surface area is 327 Å². The SMILES string of the molecule is CC1(c2ccc(Cl)cc2F)Oc2cccc(C3CCN(Cc4nc5cc(-c6nnc(C7CC7)n6COCC[Si](C)(C)C)cnc5n4CC4CCO4)CC3)c2O1. The highest BCUT2D eigenvalue weighted by Crippen LogP contribution is 2.50. The molecule has 9 rings (SSSR count). The van der Waals surface area contributed by atoms with Crippen molar-refractivity contribution in [2.75, 3.05) is 26.3 Å². The van der Waals surface area contributed by atoms with E-state index in [-0.39, 0.29) is 12.0 Å². The molecule has 3 aromatic heterocycles. The highest BCUT2D eigenvalue weighted by Gasteiger charge is 2.43. The van der Waals surface area contributed by atoms with Crippen LogP contribution in [0.2, 0.25) is 30.7 Å². The molecule has 2 saturated heterocycles. The molecule has 14 heteroatoms. The number of nitrogens with zero attached hydrogens (tertiary/aromatic N) is 7. The number of pyridine rings is 1. The Bertz CT molecular complexity index is 2210. The van der Waals surface area contributed by atoms with Crippen LogP contribution in [0.25, 0.3) is 22.6 Å². The van der Waals surface area contributed by atoms with E-state index in [1.54, 1.807) is 19.1 Å². The highest BCUT2D eigenvalue weighted by molar-refractivity contribution is 6.76. The van der Waals surface area contributed by atoms with Crippen LogP contribution in [-0.4, -0.2) is 74.7 Å². The van der Waals surface area contributed by atoms with Gasteiger partial charge in [-0.15, -0.1) is 10.2 Å². The summed E-state index contributed by atoms with van der Waals surface area (Å²) in [6.07, 6.45) is 7.27. The molecule has 2 aromatic carbocycles. The smallest absolute Gasteiger partial charge is 0.278 e. The first-order chi connectivity index (χ1) is 26.5. The summed E-state index contributed by atoms with van der Waals surface area (Å²) in [5, 5.41) is 9.62. The Morgan fingerprint density at radius 3 is 2.53 bits per heavy atom. The van der Waals surface area contributed by atoms with Crippen molar-refractivity contribution in [3.63, 3.8) is 0 Å². The largest absolute Gasteiger partial charge is 0.444 e. The maximum atomic E-state index is 15.0. The van der Waals surface area contributed by atoms with Crippen molar-refractivity contribution < 1.29 is 23.3 Å². The number of aromatic nitrogens is 6. The molecular weight excluding hydrogens is 737 g/mol. The first kappa shape index (κ1) is 36.7. The number of imidazole rings is 1. The molecule has 11 nitrogen and oxygen atoms in total. The van der Waals surface area contributed by atoms with E-state index >= 15 is 0 Å². The predicted octanol–water partition coefficient (Wildman–Crippen LogP) is 8.48. The van der Waals surface area contributed by atoms with Gasteiger partial charge in [0.15, 0.2) is 23.0 Å². The van der Waals surface area contributed by atoms with Crippen LogP contribution in [0.15, 0.2) is 48.7 Å². The summed E-state index contributed by atoms with van der Waals surface area (Å²) in [5.74, 6) is 3.09. The average molecular weight is 786 g/mol. The Kier molecular flexibility index (Phi) is 9.73. The van der Waals surface area contributed by atoms with Crippen LogP contribution in [0.3, 0.4) is 0 Å². The van der Waals surface area contributed by atoms with Gasteiger partial charge < -0.3 is 23.5 Å². The molecule has 2 atom stereocenters. The number of hydrogen-bond acceptors (Lipinski definition) is 9. The second-order valence-corrected chi connectivity index (χ2v) is 23.0. The van der Waals surface area contributed by atoms with E-state index in [2.05, 4.69) is 56.0 Å². The van der Waals surface area contributed by atoms with Gasteiger partial charge in [-0.1, -0.05) is 43.4 Å². The number of ether oxygens (including phenoxy) is 4. The topological polar surface area (TPSA) is 102 Å². The zero-order chi connectivity index (χ0) is 37.9. The van der Waals surface area contributed by atoms with Crippen LogP contribution in [0.1, 0.15) is 73.6 Å². The normalized spacial score (nSPS) is 21.7. The zero-order valence-corrected chi connectivity index (χ0v) is 33.8. The van der Waals surface area contributed by atoms with E-state index in [9.17, 15) is 4.39 Å². The van der Waals surface area contributed by atoms with E-state index in [1.165, 1.54) is 6.07 Å². The van der Waals surface area contributed by atoms with E-state index in [0.29, 0.717) is 41.3 Å². The van der Waals surface area contributed by atoms with Crippen molar-refractivity contribution in [3.8, 4) is 22.9 Å². The maximum absolute atomic E-state index is 15.0. The molecule has 0 N–H and O–H groups in total. The van der Waals surface area contributed by atoms with Gasteiger partial charge in [0, 0.05) is 56.5 Å². The summed E-state index contributed by atoms with van der Waals surface area (Å²) in [5.41, 5.74) is 4.02. The third kappa shape index (κ3) is 7.53. The highest BCUT2D eigenvalue weighted by atomic mass is 35.5. The summed E-state index contributed by atoms with van der Waals surface area (Å²) < 4.78 is 44.2. The van der Waals surface area contributed by atoms with Gasteiger partial charge in [0.1, 0.15) is 29.7 Å². The molecule has 2 unspecified atom stereocenters. The van der Waals surface area contributed by atoms with Gasteiger partial charge in [0.05, 0.1) is 24.8 Å². The number of benzene rings is 2. The lowest BCUT2D eigenvalue weighted by Crippen LogP contribution is -2.35. The Morgan fingerprint density at radius 2 is 1.80 bits per heavy atom. The molecule has 0 amide bonds. The van der Waals surface area contributed by atoms with Crippen molar-refractivity contribution in [1.82, 2.24) is 34.2 Å². The molecule has 1 saturated carbocycles. The van der Waals surface area contributed by atoms with Crippen molar-refractivity contribution in [3.05, 3.63) is 82.3 Å². The van der Waals surface area contributed by atoms with E-state index < -0.39 is 19.7 Å². The first-order valence-corrected chi connectivity index (χ1v) is 23.8. The molecule has 55 heavy (non-hydrogen) atoms. The lowest BCUT2D eigenvalue weighted by Gasteiger charge is -2.33. The Hall–Kier alpha value is -3.88. The minimum absolute atomic E-state index is 0.162. The Morgan fingerprint density at radius 1 is 0.982 bits per heavy atom. The molecule has 4 aliphatic rings. The second kappa shape index (κ2) is 14.6. The lowest BCUT2D eigenvalue weighted by molar-refractivity contribution is -0.0712. The molecule has 1 aliphatic carbocycles. The van der Waals surface area contributed by atoms with Crippen LogP contribution in [-0.2, 0) is 35.1 Å². The van der Waals surface area contributed by atoms with Crippen molar-refractivity contribution in [1.29, 1.82) is 0 Å². The number of likely N-dealkylation sites (tertiary alicyclic amines) is 1. The Balaban J connectivity index is 0.922. The fourth-order valence-corrected chi connectivity index (χ4v) is 8.91. The summed E-state index contributed by atoms with van der Waals surface area (Å²) in [4.78, 5) is 12.7. The number of halogens is 2. The summed E-state index contributed by atoms with van der Waals surface area (Å²) >= 11 is 6.03. The molecule has 5 aromatic rings. The minimum Gasteiger partial charge on any atom is -0.444 e. The third-order valence-electron chi connectivity index (χ3n) is 11.5. The zero-order valence-electron chi connectivity index (χ0n) is 32.1. The molecule has 290 valence electrons. The van der Waals surface area contributed by atoms with Gasteiger partial charge in [-0.05, 0) is 87.5 Å². The lowest BCUT2D eigenvalue weighted by atomic mass is 9.88. The second-order valence-electron chi connectivity index (χ2n) is 16.9. The van der Waals surface area contributed by atoms with Gasteiger partial charge in [-0.2, -0.15) is 0 Å². The van der Waals surface area contributed by atoms with E-state index in [0.717, 1.165) is 111 Å². The van der Waals surface area contributed by atoms with Crippen LogP contribution >= 0.6 is 11.6 Å². The molecule has 3 fully saturated rings. The van der Waals surface area contributed by atoms with Gasteiger partial charge in [-0.25, -0.2) is 14.4 Å². The van der Waals surface area contributed by atoms with Gasteiger partial charge in [0.2, 0.25) is 0 Å². The first-order valence-electron chi connectivity index (χ1n) is 19.7. The van der Waals surface area contributed by atoms with Crippen molar-refractivity contribution in [2.45, 2.75) is 108 Å². The predicted molar refractivity (Wildman–Crippen MR) is 211 cm³/mol. The van der Waals surface area contributed by atoms with E-state index in [1.807, 2.05) is 18.3 Å². The number of fused-ring (bicyclic) bond motifs is 2. The van der Waals surface area contributed by atoms with Crippen molar-refractivity contribution >= 4 is 30.8 Å². The summed E-state index contributed by atoms with van der Waals surface area (Å²) in [6.45, 7) is 14.1. The molecule has 0 bridgehead atoms. The number of hydrogen-bond donors (Lipinski definition) is 0. The van der Waals surface area contributed by atoms with Crippen LogP contribution in [0.4, 0.5) is 4.39 Å². The summed E-state index contributed by atoms with van der Waals surface area (Å²) in [6, 6.07) is 13.8. The number of rotatable bonds is 13. The van der Waals surface area contributed by atoms with Crippen LogP contribution < -0.4 is 9.47 Å². The van der Waals surface area contributed by atoms with Crippen LogP contribution in [0, 0.1) is 5.82 Å². The van der Waals surface area contributed by atoms with Crippen LogP contribution in [0.5, 0.6) is 11.5 Å². The standard InChI is InChI=1S/C41H49ClFN7O4Si/c1-41(32-11-10-29(42)21-33(32)43)53-35-7-5-6-31(37(35)54-41)26-12-15-48(16-13-26)24-36-45-34-20-28(22-44-40(34)49(36)23-30-14-17-52-30)39-47-46-38(27-8-9-27)50(39)25-51-18-19-55(2,3)4/h5-7,10-11,20-22,26-27,30H,8-9,12-19,23-25H2,1-4H3. The number of piperidine rings is 1. The maximum Gasteiger partial charge on any atom is 0.278 e. The van der Waals surface area contributed by atoms with Gasteiger partial charge >= 0.3 is 0 Å². The number of para-hydroxylation sites is 1. The molecule has 3 aliphatic heterocycles. The molecule has 6 heterocycles. The monoisotopic (exact) mass is 785 g/mol. The summed E-state index contributed by atoms with van der Waals surface area (Å²) in [7, 11) is -1.20. The molecule has 0 spiro atoms. The van der Waals surface area contributed by atoms with Gasteiger partial charge in [0.25, 0.3) is 5.79 Å².